The molecule has 3 heterocycles. The average molecular weight is 438 g/mol. The lowest BCUT2D eigenvalue weighted by molar-refractivity contribution is -0.169. The van der Waals surface area contributed by atoms with Crippen molar-refractivity contribution in [2.24, 2.45) is 0 Å². The van der Waals surface area contributed by atoms with Gasteiger partial charge >= 0.3 is 6.61 Å². The number of hydrogen-bond donors (Lipinski definition) is 3. The van der Waals surface area contributed by atoms with Gasteiger partial charge in [-0.1, -0.05) is 12.1 Å². The van der Waals surface area contributed by atoms with E-state index in [1.54, 1.807) is 6.20 Å². The normalized spacial score (nSPS) is 19.0. The van der Waals surface area contributed by atoms with Crippen LogP contribution in [0.3, 0.4) is 0 Å². The van der Waals surface area contributed by atoms with E-state index in [1.165, 1.54) is 5.39 Å². The molecule has 4 aromatic rings. The first kappa shape index (κ1) is 20.6. The van der Waals surface area contributed by atoms with E-state index in [2.05, 4.69) is 53.5 Å². The van der Waals surface area contributed by atoms with Crippen molar-refractivity contribution in [2.45, 2.75) is 51.0 Å². The highest BCUT2D eigenvalue weighted by Crippen LogP contribution is 2.25. The van der Waals surface area contributed by atoms with E-state index < -0.39 is 6.61 Å². The summed E-state index contributed by atoms with van der Waals surface area (Å²) >= 11 is 0. The van der Waals surface area contributed by atoms with E-state index in [9.17, 15) is 8.78 Å². The lowest BCUT2D eigenvalue weighted by Crippen LogP contribution is -2.31. The standard InChI is InChI=1S/C23H24F2N6O/c24-23(25)32-17-5-3-16(4-6-17)29-20-8-7-18-22(30-20)31-21(13-27-18)28-12-14-1-2-15-9-10-26-19(15)11-14/h1-2,7-11,13,16-17,23,26H,3-6,12H2,(H2,28,29,30,31). The number of hydrogen-bond acceptors (Lipinski definition) is 6. The molecule has 0 bridgehead atoms. The van der Waals surface area contributed by atoms with Gasteiger partial charge in [-0.15, -0.1) is 0 Å². The van der Waals surface area contributed by atoms with Crippen LogP contribution in [0.25, 0.3) is 22.1 Å². The number of H-pyrrole nitrogens is 1. The zero-order valence-corrected chi connectivity index (χ0v) is 17.4. The highest BCUT2D eigenvalue weighted by Gasteiger charge is 2.24. The number of anilines is 2. The molecule has 0 spiro atoms. The number of benzene rings is 1. The maximum absolute atomic E-state index is 12.4. The molecule has 3 N–H and O–H groups in total. The van der Waals surface area contributed by atoms with Crippen LogP contribution in [0.15, 0.2) is 48.8 Å². The number of aromatic amines is 1. The van der Waals surface area contributed by atoms with Crippen LogP contribution >= 0.6 is 0 Å². The molecular formula is C23H24F2N6O. The van der Waals surface area contributed by atoms with Crippen LogP contribution in [0.5, 0.6) is 0 Å². The Morgan fingerprint density at radius 3 is 2.72 bits per heavy atom. The average Bonchev–Trinajstić information content (AvgIpc) is 3.26. The molecule has 5 rings (SSSR count). The summed E-state index contributed by atoms with van der Waals surface area (Å²) in [5, 5.41) is 7.88. The monoisotopic (exact) mass is 438 g/mol. The molecule has 0 saturated heterocycles. The first-order valence-corrected chi connectivity index (χ1v) is 10.8. The Hall–Kier alpha value is -3.33. The van der Waals surface area contributed by atoms with Crippen molar-refractivity contribution in [2.75, 3.05) is 10.6 Å². The second-order valence-electron chi connectivity index (χ2n) is 8.06. The van der Waals surface area contributed by atoms with Crippen LogP contribution in [0.1, 0.15) is 31.2 Å². The van der Waals surface area contributed by atoms with Crippen LogP contribution in [0.2, 0.25) is 0 Å². The van der Waals surface area contributed by atoms with E-state index in [0.29, 0.717) is 42.2 Å². The summed E-state index contributed by atoms with van der Waals surface area (Å²) in [7, 11) is 0. The summed E-state index contributed by atoms with van der Waals surface area (Å²) in [6.45, 7) is -2.08. The van der Waals surface area contributed by atoms with Crippen molar-refractivity contribution in [3.05, 3.63) is 54.4 Å². The van der Waals surface area contributed by atoms with E-state index in [0.717, 1.165) is 23.9 Å². The molecule has 0 amide bonds. The highest BCUT2D eigenvalue weighted by atomic mass is 19.3. The van der Waals surface area contributed by atoms with Crippen molar-refractivity contribution >= 4 is 33.7 Å². The van der Waals surface area contributed by atoms with Gasteiger partial charge in [-0.2, -0.15) is 8.78 Å². The van der Waals surface area contributed by atoms with Gasteiger partial charge in [0.15, 0.2) is 5.65 Å². The maximum Gasteiger partial charge on any atom is 0.345 e. The Morgan fingerprint density at radius 2 is 1.88 bits per heavy atom. The molecule has 1 fully saturated rings. The van der Waals surface area contributed by atoms with Crippen LogP contribution in [-0.4, -0.2) is 38.7 Å². The van der Waals surface area contributed by atoms with Crippen molar-refractivity contribution in [3.8, 4) is 0 Å². The second-order valence-corrected chi connectivity index (χ2v) is 8.06. The third kappa shape index (κ3) is 4.77. The molecule has 9 heteroatoms. The zero-order valence-electron chi connectivity index (χ0n) is 17.4. The molecule has 166 valence electrons. The lowest BCUT2D eigenvalue weighted by Gasteiger charge is -2.29. The van der Waals surface area contributed by atoms with Crippen LogP contribution in [0.4, 0.5) is 20.4 Å². The van der Waals surface area contributed by atoms with Crippen LogP contribution in [0, 0.1) is 0 Å². The predicted octanol–water partition coefficient (Wildman–Crippen LogP) is 5.08. The molecule has 1 aliphatic rings. The van der Waals surface area contributed by atoms with Gasteiger partial charge in [-0.3, -0.25) is 0 Å². The number of nitrogens with one attached hydrogen (secondary N) is 3. The molecule has 32 heavy (non-hydrogen) atoms. The Kier molecular flexibility index (Phi) is 5.81. The van der Waals surface area contributed by atoms with E-state index in [4.69, 9.17) is 0 Å². The smallest absolute Gasteiger partial charge is 0.345 e. The summed E-state index contributed by atoms with van der Waals surface area (Å²) in [4.78, 5) is 16.9. The maximum atomic E-state index is 12.4. The third-order valence-electron chi connectivity index (χ3n) is 5.82. The fourth-order valence-corrected chi connectivity index (χ4v) is 4.16. The van der Waals surface area contributed by atoms with Crippen LogP contribution in [-0.2, 0) is 11.3 Å². The van der Waals surface area contributed by atoms with Crippen molar-refractivity contribution in [1.29, 1.82) is 0 Å². The van der Waals surface area contributed by atoms with Gasteiger partial charge in [0.05, 0.1) is 12.3 Å². The molecule has 0 radical (unpaired) electrons. The minimum absolute atomic E-state index is 0.176. The molecule has 3 aromatic heterocycles. The SMILES string of the molecule is FC(F)OC1CCC(Nc2ccc3ncc(NCc4ccc5cc[nH]c5c4)nc3n2)CC1. The number of ether oxygens (including phenoxy) is 1. The Bertz CT molecular complexity index is 1210. The van der Waals surface area contributed by atoms with Gasteiger partial charge in [0.1, 0.15) is 17.2 Å². The zero-order chi connectivity index (χ0) is 21.9. The van der Waals surface area contributed by atoms with Gasteiger partial charge < -0.3 is 20.4 Å². The van der Waals surface area contributed by atoms with Gasteiger partial charge in [0.25, 0.3) is 0 Å². The summed E-state index contributed by atoms with van der Waals surface area (Å²) < 4.78 is 29.4. The number of halogens is 2. The number of fused-ring (bicyclic) bond motifs is 2. The number of nitrogens with zero attached hydrogens (tertiary/aromatic N) is 3. The second kappa shape index (κ2) is 9.04. The summed E-state index contributed by atoms with van der Waals surface area (Å²) in [6, 6.07) is 12.2. The minimum Gasteiger partial charge on any atom is -0.367 e. The van der Waals surface area contributed by atoms with Crippen LogP contribution < -0.4 is 10.6 Å². The topological polar surface area (TPSA) is 87.8 Å². The van der Waals surface area contributed by atoms with Crippen molar-refractivity contribution in [1.82, 2.24) is 19.9 Å². The van der Waals surface area contributed by atoms with Crippen molar-refractivity contribution in [3.63, 3.8) is 0 Å². The molecular weight excluding hydrogens is 414 g/mol. The van der Waals surface area contributed by atoms with Gasteiger partial charge in [0, 0.05) is 24.3 Å². The van der Waals surface area contributed by atoms with Crippen molar-refractivity contribution < 1.29 is 13.5 Å². The molecule has 7 nitrogen and oxygen atoms in total. The van der Waals surface area contributed by atoms with E-state index >= 15 is 0 Å². The predicted molar refractivity (Wildman–Crippen MR) is 120 cm³/mol. The third-order valence-corrected chi connectivity index (χ3v) is 5.82. The van der Waals surface area contributed by atoms with Gasteiger partial charge in [-0.05, 0) is 60.9 Å². The number of alkyl halides is 2. The quantitative estimate of drug-likeness (QED) is 0.373. The summed E-state index contributed by atoms with van der Waals surface area (Å²) in [6.07, 6.45) is 6.00. The largest absolute Gasteiger partial charge is 0.367 e. The fraction of sp³-hybridized carbons (Fsp3) is 0.348. The molecule has 1 saturated carbocycles. The number of pyridine rings is 1. The first-order valence-electron chi connectivity index (χ1n) is 10.8. The Balaban J connectivity index is 1.22. The first-order chi connectivity index (χ1) is 15.6. The lowest BCUT2D eigenvalue weighted by atomic mass is 9.93. The van der Waals surface area contributed by atoms with Gasteiger partial charge in [-0.25, -0.2) is 15.0 Å². The van der Waals surface area contributed by atoms with E-state index in [-0.39, 0.29) is 12.1 Å². The fourth-order valence-electron chi connectivity index (χ4n) is 4.16. The van der Waals surface area contributed by atoms with E-state index in [1.807, 2.05) is 24.4 Å². The Morgan fingerprint density at radius 1 is 1.03 bits per heavy atom. The minimum atomic E-state index is -2.70. The van der Waals surface area contributed by atoms with Gasteiger partial charge in [0.2, 0.25) is 0 Å². The molecule has 0 aliphatic heterocycles. The molecule has 0 unspecified atom stereocenters. The number of aromatic nitrogens is 4. The summed E-state index contributed by atoms with van der Waals surface area (Å²) in [5.41, 5.74) is 3.50. The molecule has 1 aliphatic carbocycles. The Labute approximate surface area is 183 Å². The summed E-state index contributed by atoms with van der Waals surface area (Å²) in [5.74, 6) is 1.36. The molecule has 1 aromatic carbocycles. The highest BCUT2D eigenvalue weighted by molar-refractivity contribution is 5.80. The molecule has 0 atom stereocenters. The number of rotatable bonds is 7.